The van der Waals surface area contributed by atoms with E-state index < -0.39 is 28.8 Å². The molecule has 0 radical (unpaired) electrons. The van der Waals surface area contributed by atoms with Crippen LogP contribution in [0.25, 0.3) is 6.08 Å². The van der Waals surface area contributed by atoms with Crippen LogP contribution in [0.2, 0.25) is 0 Å². The van der Waals surface area contributed by atoms with E-state index in [0.717, 1.165) is 11.1 Å². The van der Waals surface area contributed by atoms with Gasteiger partial charge in [0.15, 0.2) is 23.1 Å². The molecule has 42 heavy (non-hydrogen) atoms. The molecule has 216 valence electrons. The molecule has 1 fully saturated rings. The molecule has 1 N–H and O–H groups in total. The first-order chi connectivity index (χ1) is 20.1. The fourth-order valence-electron chi connectivity index (χ4n) is 7.01. The number of carbonyl (C=O) groups is 3. The Morgan fingerprint density at radius 1 is 0.905 bits per heavy atom. The number of amides is 1. The number of benzene rings is 3. The van der Waals surface area contributed by atoms with Gasteiger partial charge in [-0.3, -0.25) is 14.4 Å². The van der Waals surface area contributed by atoms with Crippen LogP contribution in [-0.2, 0) is 15.0 Å². The van der Waals surface area contributed by atoms with Gasteiger partial charge in [0, 0.05) is 22.9 Å². The number of ether oxygens (including phenoxy) is 3. The van der Waals surface area contributed by atoms with E-state index in [4.69, 9.17) is 14.2 Å². The largest absolute Gasteiger partial charge is 0.493 e. The average Bonchev–Trinajstić information content (AvgIpc) is 3.47. The predicted molar refractivity (Wildman–Crippen MR) is 159 cm³/mol. The number of hydrogen-bond acceptors (Lipinski definition) is 7. The van der Waals surface area contributed by atoms with Crippen LogP contribution in [0.15, 0.2) is 66.9 Å². The first-order valence-electron chi connectivity index (χ1n) is 13.9. The van der Waals surface area contributed by atoms with Gasteiger partial charge in [-0.25, -0.2) is 0 Å². The van der Waals surface area contributed by atoms with Crippen LogP contribution < -0.4 is 19.5 Å². The van der Waals surface area contributed by atoms with Crippen LogP contribution in [0.3, 0.4) is 0 Å². The van der Waals surface area contributed by atoms with Gasteiger partial charge in [0.25, 0.3) is 0 Å². The lowest BCUT2D eigenvalue weighted by Gasteiger charge is -2.38. The number of para-hydroxylation sites is 1. The molecule has 3 aliphatic heterocycles. The molecule has 0 aliphatic carbocycles. The van der Waals surface area contributed by atoms with Gasteiger partial charge >= 0.3 is 0 Å². The van der Waals surface area contributed by atoms with Crippen LogP contribution in [-0.4, -0.2) is 49.7 Å². The Morgan fingerprint density at radius 2 is 1.55 bits per heavy atom. The summed E-state index contributed by atoms with van der Waals surface area (Å²) in [6.07, 6.45) is 3.83. The molecule has 8 heteroatoms. The lowest BCUT2D eigenvalue weighted by molar-refractivity contribution is -0.131. The SMILES string of the molecule is COc1cc(C(=O)[C@@H]2[C@H](C(=O)C(C)(C)C)N3C=Cc4ccccc4[C@H]3[C@@]23C(=O)Nc2ccccc23)cc(OC)c1OC. The summed E-state index contributed by atoms with van der Waals surface area (Å²) in [5, 5.41) is 3.07. The molecule has 0 unspecified atom stereocenters. The van der Waals surface area contributed by atoms with Gasteiger partial charge in [0.2, 0.25) is 11.7 Å². The highest BCUT2D eigenvalue weighted by atomic mass is 16.5. The fraction of sp³-hybridized carbons (Fsp3) is 0.324. The van der Waals surface area contributed by atoms with Gasteiger partial charge < -0.3 is 24.4 Å². The van der Waals surface area contributed by atoms with Crippen LogP contribution in [0.1, 0.15) is 53.9 Å². The quantitative estimate of drug-likeness (QED) is 0.398. The van der Waals surface area contributed by atoms with Crippen molar-refractivity contribution in [1.82, 2.24) is 4.90 Å². The molecular formula is C34H34N2O6. The first-order valence-corrected chi connectivity index (χ1v) is 13.9. The standard InChI is InChI=1S/C34H34N2O6/c1-33(2,3)31(38)27-26(28(37)20-17-24(40-4)29(42-6)25(18-20)41-5)34(22-13-9-10-14-23(22)35-32(34)39)30-21-12-8-7-11-19(21)15-16-36(27)30/h7-18,26-27,30H,1-6H3,(H,35,39)/t26-,27+,30-,34-/m0/s1. The van der Waals surface area contributed by atoms with Crippen molar-refractivity contribution in [3.05, 3.63) is 89.1 Å². The van der Waals surface area contributed by atoms with Gasteiger partial charge in [0.1, 0.15) is 5.41 Å². The normalized spacial score (nSPS) is 23.6. The Bertz CT molecular complexity index is 1630. The molecule has 6 rings (SSSR count). The second kappa shape index (κ2) is 9.76. The molecule has 4 atom stereocenters. The molecule has 8 nitrogen and oxygen atoms in total. The highest BCUT2D eigenvalue weighted by Gasteiger charge is 2.71. The number of rotatable bonds is 6. The Kier molecular flexibility index (Phi) is 6.40. The van der Waals surface area contributed by atoms with Gasteiger partial charge in [-0.05, 0) is 41.0 Å². The van der Waals surface area contributed by atoms with E-state index in [1.165, 1.54) is 21.3 Å². The second-order valence-electron chi connectivity index (χ2n) is 12.0. The van der Waals surface area contributed by atoms with Crippen molar-refractivity contribution in [1.29, 1.82) is 0 Å². The first kappa shape index (κ1) is 27.6. The molecule has 3 aromatic carbocycles. The third kappa shape index (κ3) is 3.70. The number of Topliss-reactive ketones (excluding diaryl/α,β-unsaturated/α-hetero) is 2. The summed E-state index contributed by atoms with van der Waals surface area (Å²) in [5.74, 6) is -0.899. The van der Waals surface area contributed by atoms with Crippen molar-refractivity contribution >= 4 is 29.2 Å². The maximum atomic E-state index is 15.1. The Morgan fingerprint density at radius 3 is 2.19 bits per heavy atom. The molecule has 1 saturated heterocycles. The highest BCUT2D eigenvalue weighted by molar-refractivity contribution is 6.15. The number of hydrogen-bond donors (Lipinski definition) is 1. The van der Waals surface area contributed by atoms with Gasteiger partial charge in [-0.2, -0.15) is 0 Å². The lowest BCUT2D eigenvalue weighted by atomic mass is 9.62. The van der Waals surface area contributed by atoms with E-state index in [0.29, 0.717) is 28.5 Å². The van der Waals surface area contributed by atoms with E-state index in [9.17, 15) is 9.59 Å². The average molecular weight is 567 g/mol. The van der Waals surface area contributed by atoms with Crippen molar-refractivity contribution in [2.45, 2.75) is 38.3 Å². The molecule has 3 aromatic rings. The molecule has 3 heterocycles. The molecule has 3 aliphatic rings. The van der Waals surface area contributed by atoms with E-state index in [2.05, 4.69) is 5.32 Å². The maximum absolute atomic E-state index is 15.1. The summed E-state index contributed by atoms with van der Waals surface area (Å²) in [5.41, 5.74) is 1.23. The van der Waals surface area contributed by atoms with Crippen molar-refractivity contribution in [2.75, 3.05) is 26.6 Å². The van der Waals surface area contributed by atoms with Gasteiger partial charge in [0.05, 0.1) is 39.3 Å². The van der Waals surface area contributed by atoms with Crippen molar-refractivity contribution in [3.8, 4) is 17.2 Å². The third-order valence-corrected chi connectivity index (χ3v) is 8.81. The molecule has 0 saturated carbocycles. The van der Waals surface area contributed by atoms with E-state index in [1.54, 1.807) is 12.1 Å². The van der Waals surface area contributed by atoms with Crippen LogP contribution in [0.5, 0.6) is 17.2 Å². The number of ketones is 2. The smallest absolute Gasteiger partial charge is 0.238 e. The minimum atomic E-state index is -1.40. The topological polar surface area (TPSA) is 94.2 Å². The number of methoxy groups -OCH3 is 3. The zero-order valence-electron chi connectivity index (χ0n) is 24.6. The van der Waals surface area contributed by atoms with Crippen molar-refractivity contribution in [2.24, 2.45) is 11.3 Å². The lowest BCUT2D eigenvalue weighted by Crippen LogP contribution is -2.50. The Balaban J connectivity index is 1.68. The minimum absolute atomic E-state index is 0.128. The van der Waals surface area contributed by atoms with Gasteiger partial charge in [-0.15, -0.1) is 0 Å². The highest BCUT2D eigenvalue weighted by Crippen LogP contribution is 2.62. The Hall–Kier alpha value is -4.59. The summed E-state index contributed by atoms with van der Waals surface area (Å²) >= 11 is 0. The summed E-state index contributed by atoms with van der Waals surface area (Å²) in [7, 11) is 4.46. The summed E-state index contributed by atoms with van der Waals surface area (Å²) in [6.45, 7) is 5.54. The Labute approximate surface area is 245 Å². The van der Waals surface area contributed by atoms with Gasteiger partial charge in [-0.1, -0.05) is 63.2 Å². The minimum Gasteiger partial charge on any atom is -0.493 e. The molecule has 0 aromatic heterocycles. The van der Waals surface area contributed by atoms with Crippen LogP contribution in [0.4, 0.5) is 5.69 Å². The summed E-state index contributed by atoms with van der Waals surface area (Å²) in [6, 6.07) is 17.0. The van der Waals surface area contributed by atoms with E-state index >= 15 is 4.79 Å². The zero-order valence-corrected chi connectivity index (χ0v) is 24.6. The van der Waals surface area contributed by atoms with E-state index in [1.807, 2.05) is 86.5 Å². The van der Waals surface area contributed by atoms with Crippen molar-refractivity contribution in [3.63, 3.8) is 0 Å². The van der Waals surface area contributed by atoms with Crippen LogP contribution in [0, 0.1) is 11.3 Å². The second-order valence-corrected chi connectivity index (χ2v) is 12.0. The number of nitrogens with zero attached hydrogens (tertiary/aromatic N) is 1. The maximum Gasteiger partial charge on any atom is 0.238 e. The van der Waals surface area contributed by atoms with E-state index in [-0.39, 0.29) is 23.0 Å². The number of nitrogens with one attached hydrogen (secondary N) is 1. The summed E-state index contributed by atoms with van der Waals surface area (Å²) < 4.78 is 16.6. The summed E-state index contributed by atoms with van der Waals surface area (Å²) in [4.78, 5) is 46.0. The van der Waals surface area contributed by atoms with Crippen LogP contribution >= 0.6 is 0 Å². The monoisotopic (exact) mass is 566 g/mol. The molecule has 1 amide bonds. The molecular weight excluding hydrogens is 532 g/mol. The van der Waals surface area contributed by atoms with Crippen molar-refractivity contribution < 1.29 is 28.6 Å². The molecule has 1 spiro atoms. The number of anilines is 1. The zero-order chi connectivity index (χ0) is 30.0. The third-order valence-electron chi connectivity index (χ3n) is 8.81. The number of fused-ring (bicyclic) bond motifs is 6. The molecule has 0 bridgehead atoms. The fourth-order valence-corrected chi connectivity index (χ4v) is 7.01. The predicted octanol–water partition coefficient (Wildman–Crippen LogP) is 5.43. The number of carbonyl (C=O) groups excluding carboxylic acids is 3.